The number of pyridine rings is 1. The molecule has 0 aliphatic carbocycles. The highest BCUT2D eigenvalue weighted by atomic mass is 79.9. The van der Waals surface area contributed by atoms with E-state index in [9.17, 15) is 0 Å². The Morgan fingerprint density at radius 3 is 3.00 bits per heavy atom. The molecule has 4 N–H and O–H groups in total. The van der Waals surface area contributed by atoms with Gasteiger partial charge >= 0.3 is 0 Å². The van der Waals surface area contributed by atoms with E-state index in [1.807, 2.05) is 6.92 Å². The fraction of sp³-hybridized carbons (Fsp3) is 0.375. The molecule has 0 spiro atoms. The molecule has 1 aromatic rings. The van der Waals surface area contributed by atoms with Crippen LogP contribution in [0, 0.1) is 0 Å². The van der Waals surface area contributed by atoms with E-state index in [1.165, 1.54) is 0 Å². The van der Waals surface area contributed by atoms with Gasteiger partial charge in [-0.1, -0.05) is 0 Å². The zero-order valence-electron chi connectivity index (χ0n) is 7.29. The van der Waals surface area contributed by atoms with Crippen molar-refractivity contribution in [3.8, 4) is 0 Å². The number of aliphatic hydroxyl groups is 1. The van der Waals surface area contributed by atoms with Gasteiger partial charge in [0.25, 0.3) is 0 Å². The first-order chi connectivity index (χ1) is 6.13. The van der Waals surface area contributed by atoms with Crippen molar-refractivity contribution < 1.29 is 5.11 Å². The third-order valence-corrected chi connectivity index (χ3v) is 2.12. The number of halogens is 1. The number of rotatable bonds is 3. The van der Waals surface area contributed by atoms with Gasteiger partial charge in [0.15, 0.2) is 0 Å². The largest absolute Gasteiger partial charge is 0.397 e. The fourth-order valence-corrected chi connectivity index (χ4v) is 1.32. The minimum atomic E-state index is -0.0209. The van der Waals surface area contributed by atoms with Gasteiger partial charge in [-0.15, -0.1) is 0 Å². The second-order valence-corrected chi connectivity index (χ2v) is 3.68. The summed E-state index contributed by atoms with van der Waals surface area (Å²) < 4.78 is 0.799. The third kappa shape index (κ3) is 2.86. The molecule has 1 aromatic heterocycles. The lowest BCUT2D eigenvalue weighted by Crippen LogP contribution is -2.20. The van der Waals surface area contributed by atoms with Gasteiger partial charge < -0.3 is 16.2 Å². The van der Waals surface area contributed by atoms with E-state index in [4.69, 9.17) is 10.8 Å². The molecular formula is C8H12BrN3O. The van der Waals surface area contributed by atoms with Crippen LogP contribution in [-0.2, 0) is 0 Å². The number of nitrogens with two attached hydrogens (primary N) is 1. The average Bonchev–Trinajstić information content (AvgIpc) is 2.09. The molecule has 0 aliphatic heterocycles. The number of aromatic nitrogens is 1. The number of nitrogens with one attached hydrogen (secondary N) is 1. The number of nitrogens with zero attached hydrogens (tertiary/aromatic N) is 1. The summed E-state index contributed by atoms with van der Waals surface area (Å²) in [5.41, 5.74) is 6.13. The van der Waals surface area contributed by atoms with Crippen LogP contribution >= 0.6 is 15.9 Å². The molecule has 1 rings (SSSR count). The van der Waals surface area contributed by atoms with Crippen LogP contribution in [0.2, 0.25) is 0 Å². The van der Waals surface area contributed by atoms with Crippen molar-refractivity contribution >= 4 is 27.4 Å². The molecule has 5 heteroatoms. The van der Waals surface area contributed by atoms with E-state index in [0.717, 1.165) is 4.47 Å². The lowest BCUT2D eigenvalue weighted by molar-refractivity contribution is 0.281. The molecule has 1 unspecified atom stereocenters. The van der Waals surface area contributed by atoms with Crippen LogP contribution in [0.15, 0.2) is 16.7 Å². The Labute approximate surface area is 85.3 Å². The van der Waals surface area contributed by atoms with Crippen LogP contribution in [-0.4, -0.2) is 22.7 Å². The van der Waals surface area contributed by atoms with Crippen LogP contribution in [0.4, 0.5) is 11.5 Å². The Bertz CT molecular complexity index is 293. The van der Waals surface area contributed by atoms with Gasteiger partial charge in [-0.25, -0.2) is 4.98 Å². The lowest BCUT2D eigenvalue weighted by atomic mass is 10.3. The lowest BCUT2D eigenvalue weighted by Gasteiger charge is -2.12. The SMILES string of the molecule is CC(CO)Nc1ncc(N)cc1Br. The van der Waals surface area contributed by atoms with Crippen molar-refractivity contribution in [1.82, 2.24) is 4.98 Å². The molecule has 0 fully saturated rings. The maximum Gasteiger partial charge on any atom is 0.140 e. The summed E-state index contributed by atoms with van der Waals surface area (Å²) in [7, 11) is 0. The standard InChI is InChI=1S/C8H12BrN3O/c1-5(4-13)12-8-7(9)2-6(10)3-11-8/h2-3,5,13H,4,10H2,1H3,(H,11,12). The predicted molar refractivity (Wildman–Crippen MR) is 56.5 cm³/mol. The van der Waals surface area contributed by atoms with Gasteiger partial charge in [0, 0.05) is 6.04 Å². The quantitative estimate of drug-likeness (QED) is 0.749. The zero-order chi connectivity index (χ0) is 9.84. The Morgan fingerprint density at radius 2 is 2.46 bits per heavy atom. The van der Waals surface area contributed by atoms with E-state index < -0.39 is 0 Å². The topological polar surface area (TPSA) is 71.2 Å². The molecule has 4 nitrogen and oxygen atoms in total. The highest BCUT2D eigenvalue weighted by molar-refractivity contribution is 9.10. The van der Waals surface area contributed by atoms with Crippen LogP contribution in [0.5, 0.6) is 0 Å². The number of hydrogen-bond acceptors (Lipinski definition) is 4. The summed E-state index contributed by atoms with van der Waals surface area (Å²) in [4.78, 5) is 4.07. The Morgan fingerprint density at radius 1 is 1.77 bits per heavy atom. The van der Waals surface area contributed by atoms with Gasteiger partial charge in [0.2, 0.25) is 0 Å². The molecule has 0 saturated carbocycles. The minimum Gasteiger partial charge on any atom is -0.397 e. The molecule has 0 bridgehead atoms. The van der Waals surface area contributed by atoms with Crippen molar-refractivity contribution in [2.75, 3.05) is 17.7 Å². The maximum atomic E-state index is 8.81. The highest BCUT2D eigenvalue weighted by Crippen LogP contribution is 2.22. The molecule has 1 heterocycles. The Balaban J connectivity index is 2.77. The summed E-state index contributed by atoms with van der Waals surface area (Å²) in [6.45, 7) is 1.93. The summed E-state index contributed by atoms with van der Waals surface area (Å²) in [5, 5.41) is 11.8. The van der Waals surface area contributed by atoms with Crippen molar-refractivity contribution in [1.29, 1.82) is 0 Å². The predicted octanol–water partition coefficient (Wildman–Crippen LogP) is 1.22. The minimum absolute atomic E-state index is 0.0209. The first kappa shape index (κ1) is 10.3. The van der Waals surface area contributed by atoms with E-state index in [1.54, 1.807) is 12.3 Å². The average molecular weight is 246 g/mol. The van der Waals surface area contributed by atoms with E-state index in [2.05, 4.69) is 26.2 Å². The van der Waals surface area contributed by atoms with Gasteiger partial charge in [-0.2, -0.15) is 0 Å². The van der Waals surface area contributed by atoms with Crippen molar-refractivity contribution in [2.45, 2.75) is 13.0 Å². The van der Waals surface area contributed by atoms with Gasteiger partial charge in [0.05, 0.1) is 23.0 Å². The smallest absolute Gasteiger partial charge is 0.140 e. The molecule has 0 radical (unpaired) electrons. The summed E-state index contributed by atoms with van der Waals surface area (Å²) >= 11 is 3.32. The van der Waals surface area contributed by atoms with Crippen LogP contribution in [0.3, 0.4) is 0 Å². The fourth-order valence-electron chi connectivity index (χ4n) is 0.838. The van der Waals surface area contributed by atoms with Crippen molar-refractivity contribution in [3.05, 3.63) is 16.7 Å². The van der Waals surface area contributed by atoms with Gasteiger partial charge in [0.1, 0.15) is 5.82 Å². The van der Waals surface area contributed by atoms with Crippen LogP contribution in [0.1, 0.15) is 6.92 Å². The second-order valence-electron chi connectivity index (χ2n) is 2.83. The zero-order valence-corrected chi connectivity index (χ0v) is 8.87. The monoisotopic (exact) mass is 245 g/mol. The molecule has 0 amide bonds. The molecule has 1 atom stereocenters. The van der Waals surface area contributed by atoms with Crippen molar-refractivity contribution in [3.63, 3.8) is 0 Å². The summed E-state index contributed by atoms with van der Waals surface area (Å²) in [6.07, 6.45) is 1.57. The van der Waals surface area contributed by atoms with E-state index in [0.29, 0.717) is 11.5 Å². The number of nitrogen functional groups attached to an aromatic ring is 1. The van der Waals surface area contributed by atoms with Crippen molar-refractivity contribution in [2.24, 2.45) is 0 Å². The first-order valence-corrected chi connectivity index (χ1v) is 4.71. The summed E-state index contributed by atoms with van der Waals surface area (Å²) in [6, 6.07) is 1.74. The summed E-state index contributed by atoms with van der Waals surface area (Å²) in [5.74, 6) is 0.691. The third-order valence-electron chi connectivity index (χ3n) is 1.52. The molecule has 0 aromatic carbocycles. The number of aliphatic hydroxyl groups excluding tert-OH is 1. The Hall–Kier alpha value is -0.810. The van der Waals surface area contributed by atoms with Gasteiger partial charge in [-0.05, 0) is 28.9 Å². The first-order valence-electron chi connectivity index (χ1n) is 3.92. The molecular weight excluding hydrogens is 234 g/mol. The molecule has 72 valence electrons. The molecule has 13 heavy (non-hydrogen) atoms. The van der Waals surface area contributed by atoms with Crippen LogP contribution < -0.4 is 11.1 Å². The Kier molecular flexibility index (Phi) is 3.50. The van der Waals surface area contributed by atoms with E-state index >= 15 is 0 Å². The van der Waals surface area contributed by atoms with E-state index in [-0.39, 0.29) is 12.6 Å². The normalized spacial score (nSPS) is 12.5. The van der Waals surface area contributed by atoms with Gasteiger partial charge in [-0.3, -0.25) is 0 Å². The second kappa shape index (κ2) is 4.43. The molecule has 0 aliphatic rings. The number of hydrogen-bond donors (Lipinski definition) is 3. The number of anilines is 2. The molecule has 0 saturated heterocycles. The highest BCUT2D eigenvalue weighted by Gasteiger charge is 2.04. The maximum absolute atomic E-state index is 8.81. The van der Waals surface area contributed by atoms with Crippen LogP contribution in [0.25, 0.3) is 0 Å².